The van der Waals surface area contributed by atoms with Crippen molar-refractivity contribution in [1.82, 2.24) is 14.9 Å². The molecule has 1 fully saturated rings. The molecule has 0 radical (unpaired) electrons. The maximum atomic E-state index is 12.1. The second kappa shape index (κ2) is 5.73. The topological polar surface area (TPSA) is 99.0 Å². The van der Waals surface area contributed by atoms with Gasteiger partial charge < -0.3 is 4.90 Å². The first-order valence-electron chi connectivity index (χ1n) is 6.42. The van der Waals surface area contributed by atoms with Crippen LogP contribution in [0.15, 0.2) is 12.1 Å². The minimum atomic E-state index is -3.31. The molecule has 0 aliphatic carbocycles. The molecule has 2 heterocycles. The van der Waals surface area contributed by atoms with Crippen molar-refractivity contribution in [2.75, 3.05) is 18.0 Å². The highest BCUT2D eigenvalue weighted by Crippen LogP contribution is 2.21. The normalized spacial score (nSPS) is 19.3. The van der Waals surface area contributed by atoms with Gasteiger partial charge >= 0.3 is 0 Å². The molecule has 7 nitrogen and oxygen atoms in total. The SMILES string of the molecule is CC(C)NS(=O)(=O)C1CCN(c2ccc(C#N)nn2)C1. The van der Waals surface area contributed by atoms with Crippen LogP contribution in [0, 0.1) is 11.3 Å². The van der Waals surface area contributed by atoms with E-state index in [0.29, 0.717) is 25.3 Å². The van der Waals surface area contributed by atoms with E-state index in [0.717, 1.165) is 0 Å². The Morgan fingerprint density at radius 1 is 1.45 bits per heavy atom. The van der Waals surface area contributed by atoms with Gasteiger partial charge in [-0.05, 0) is 32.4 Å². The second-order valence-electron chi connectivity index (χ2n) is 5.06. The number of rotatable bonds is 4. The molecular formula is C12H17N5O2S. The third-order valence-electron chi connectivity index (χ3n) is 3.07. The van der Waals surface area contributed by atoms with Crippen molar-refractivity contribution in [1.29, 1.82) is 5.26 Å². The van der Waals surface area contributed by atoms with E-state index in [1.165, 1.54) is 0 Å². The first-order valence-corrected chi connectivity index (χ1v) is 7.97. The van der Waals surface area contributed by atoms with Crippen LogP contribution in [0.4, 0.5) is 5.82 Å². The lowest BCUT2D eigenvalue weighted by Crippen LogP contribution is -2.39. The van der Waals surface area contributed by atoms with E-state index in [9.17, 15) is 8.42 Å². The molecule has 20 heavy (non-hydrogen) atoms. The van der Waals surface area contributed by atoms with Crippen molar-refractivity contribution in [3.63, 3.8) is 0 Å². The van der Waals surface area contributed by atoms with Crippen molar-refractivity contribution in [3.05, 3.63) is 17.8 Å². The molecule has 1 aliphatic rings. The predicted octanol–water partition coefficient (Wildman–Crippen LogP) is 0.255. The van der Waals surface area contributed by atoms with Crippen molar-refractivity contribution < 1.29 is 8.42 Å². The highest BCUT2D eigenvalue weighted by atomic mass is 32.2. The Bertz CT molecular complexity index is 606. The summed E-state index contributed by atoms with van der Waals surface area (Å²) in [4.78, 5) is 1.87. The van der Waals surface area contributed by atoms with Crippen LogP contribution in [0.3, 0.4) is 0 Å². The van der Waals surface area contributed by atoms with Crippen LogP contribution in [0.25, 0.3) is 0 Å². The van der Waals surface area contributed by atoms with Gasteiger partial charge in [-0.25, -0.2) is 13.1 Å². The Morgan fingerprint density at radius 3 is 2.75 bits per heavy atom. The Labute approximate surface area is 118 Å². The lowest BCUT2D eigenvalue weighted by atomic mass is 10.4. The van der Waals surface area contributed by atoms with Crippen LogP contribution >= 0.6 is 0 Å². The van der Waals surface area contributed by atoms with Crippen molar-refractivity contribution in [2.24, 2.45) is 0 Å². The van der Waals surface area contributed by atoms with E-state index in [1.54, 1.807) is 26.0 Å². The lowest BCUT2D eigenvalue weighted by molar-refractivity contribution is 0.557. The van der Waals surface area contributed by atoms with Crippen molar-refractivity contribution in [3.8, 4) is 6.07 Å². The molecule has 0 spiro atoms. The fourth-order valence-corrected chi connectivity index (χ4v) is 3.81. The van der Waals surface area contributed by atoms with E-state index in [4.69, 9.17) is 5.26 Å². The van der Waals surface area contributed by atoms with Gasteiger partial charge in [0.25, 0.3) is 0 Å². The van der Waals surface area contributed by atoms with Crippen LogP contribution < -0.4 is 9.62 Å². The number of sulfonamides is 1. The Morgan fingerprint density at radius 2 is 2.20 bits per heavy atom. The van der Waals surface area contributed by atoms with E-state index in [-0.39, 0.29) is 11.7 Å². The largest absolute Gasteiger partial charge is 0.354 e. The van der Waals surface area contributed by atoms with Gasteiger partial charge in [0, 0.05) is 19.1 Å². The van der Waals surface area contributed by atoms with E-state index in [2.05, 4.69) is 14.9 Å². The molecule has 1 atom stereocenters. The molecule has 0 amide bonds. The minimum Gasteiger partial charge on any atom is -0.354 e. The smallest absolute Gasteiger partial charge is 0.216 e. The summed E-state index contributed by atoms with van der Waals surface area (Å²) in [6, 6.07) is 5.06. The van der Waals surface area contributed by atoms with Gasteiger partial charge in [-0.15, -0.1) is 10.2 Å². The molecule has 8 heteroatoms. The number of hydrogen-bond acceptors (Lipinski definition) is 6. The van der Waals surface area contributed by atoms with Crippen LogP contribution in [0.1, 0.15) is 26.0 Å². The van der Waals surface area contributed by atoms with Crippen molar-refractivity contribution in [2.45, 2.75) is 31.6 Å². The summed E-state index contributed by atoms with van der Waals surface area (Å²) < 4.78 is 26.8. The van der Waals surface area contributed by atoms with Gasteiger partial charge in [0.05, 0.1) is 5.25 Å². The fraction of sp³-hybridized carbons (Fsp3) is 0.583. The third kappa shape index (κ3) is 3.23. The zero-order chi connectivity index (χ0) is 14.8. The molecule has 1 aromatic rings. The van der Waals surface area contributed by atoms with Gasteiger partial charge in [0.2, 0.25) is 10.0 Å². The Hall–Kier alpha value is -1.72. The summed E-state index contributed by atoms with van der Waals surface area (Å²) in [5.41, 5.74) is 0.249. The quantitative estimate of drug-likeness (QED) is 0.855. The summed E-state index contributed by atoms with van der Waals surface area (Å²) in [5, 5.41) is 15.9. The summed E-state index contributed by atoms with van der Waals surface area (Å²) in [6.45, 7) is 4.61. The fourth-order valence-electron chi connectivity index (χ4n) is 2.17. The Kier molecular flexibility index (Phi) is 4.20. The van der Waals surface area contributed by atoms with Crippen molar-refractivity contribution >= 4 is 15.8 Å². The summed E-state index contributed by atoms with van der Waals surface area (Å²) in [6.07, 6.45) is 0.559. The number of aromatic nitrogens is 2. The molecule has 0 bridgehead atoms. The molecule has 0 aromatic carbocycles. The van der Waals surface area contributed by atoms with Crippen LogP contribution in [0.5, 0.6) is 0 Å². The first kappa shape index (κ1) is 14.7. The molecule has 2 rings (SSSR count). The zero-order valence-electron chi connectivity index (χ0n) is 11.4. The minimum absolute atomic E-state index is 0.108. The maximum absolute atomic E-state index is 12.1. The van der Waals surface area contributed by atoms with Crippen LogP contribution in [-0.2, 0) is 10.0 Å². The average Bonchev–Trinajstić information content (AvgIpc) is 2.88. The van der Waals surface area contributed by atoms with Gasteiger partial charge in [0.15, 0.2) is 11.5 Å². The van der Waals surface area contributed by atoms with E-state index in [1.807, 2.05) is 11.0 Å². The molecule has 1 saturated heterocycles. The molecular weight excluding hydrogens is 278 g/mol. The van der Waals surface area contributed by atoms with Gasteiger partial charge in [0.1, 0.15) is 6.07 Å². The van der Waals surface area contributed by atoms with Crippen LogP contribution in [0.2, 0.25) is 0 Å². The maximum Gasteiger partial charge on any atom is 0.216 e. The monoisotopic (exact) mass is 295 g/mol. The zero-order valence-corrected chi connectivity index (χ0v) is 12.3. The number of nitriles is 1. The molecule has 108 valence electrons. The summed E-state index contributed by atoms with van der Waals surface area (Å²) in [5.74, 6) is 0.603. The summed E-state index contributed by atoms with van der Waals surface area (Å²) in [7, 11) is -3.31. The van der Waals surface area contributed by atoms with Gasteiger partial charge in [-0.2, -0.15) is 5.26 Å². The van der Waals surface area contributed by atoms with E-state index < -0.39 is 15.3 Å². The second-order valence-corrected chi connectivity index (χ2v) is 7.06. The Balaban J connectivity index is 2.07. The highest BCUT2D eigenvalue weighted by molar-refractivity contribution is 7.90. The number of nitrogens with one attached hydrogen (secondary N) is 1. The van der Waals surface area contributed by atoms with E-state index >= 15 is 0 Å². The van der Waals surface area contributed by atoms with Crippen LogP contribution in [-0.4, -0.2) is 43.0 Å². The molecule has 0 saturated carbocycles. The molecule has 1 aromatic heterocycles. The predicted molar refractivity (Wildman–Crippen MR) is 74.6 cm³/mol. The average molecular weight is 295 g/mol. The standard InChI is InChI=1S/C12H17N5O2S/c1-9(2)16-20(18,19)11-5-6-17(8-11)12-4-3-10(7-13)14-15-12/h3-4,9,11,16H,5-6,8H2,1-2H3. The number of nitrogens with zero attached hydrogens (tertiary/aromatic N) is 4. The van der Waals surface area contributed by atoms with Gasteiger partial charge in [-0.1, -0.05) is 0 Å². The third-order valence-corrected chi connectivity index (χ3v) is 5.14. The number of hydrogen-bond donors (Lipinski definition) is 1. The number of anilines is 1. The molecule has 1 aliphatic heterocycles. The summed E-state index contributed by atoms with van der Waals surface area (Å²) >= 11 is 0. The van der Waals surface area contributed by atoms with Gasteiger partial charge in [-0.3, -0.25) is 0 Å². The highest BCUT2D eigenvalue weighted by Gasteiger charge is 2.34. The lowest BCUT2D eigenvalue weighted by Gasteiger charge is -2.18. The molecule has 1 N–H and O–H groups in total. The molecule has 1 unspecified atom stereocenters. The first-order chi connectivity index (χ1) is 9.42.